The summed E-state index contributed by atoms with van der Waals surface area (Å²) in [7, 11) is 1.69. The third-order valence-corrected chi connectivity index (χ3v) is 3.30. The first-order chi connectivity index (χ1) is 10.2. The smallest absolute Gasteiger partial charge is 0.356 e. The molecule has 0 amide bonds. The van der Waals surface area contributed by atoms with E-state index in [0.717, 1.165) is 12.5 Å². The molecule has 0 aliphatic heterocycles. The fraction of sp³-hybridized carbons (Fsp3) is 0.562. The zero-order valence-corrected chi connectivity index (χ0v) is 16.2. The molecule has 0 aliphatic rings. The first-order valence-electron chi connectivity index (χ1n) is 7.38. The van der Waals surface area contributed by atoms with Crippen LogP contribution >= 0.6 is 24.0 Å². The summed E-state index contributed by atoms with van der Waals surface area (Å²) in [4.78, 5) is 4.09. The lowest BCUT2D eigenvalue weighted by Gasteiger charge is -2.17. The van der Waals surface area contributed by atoms with E-state index in [1.165, 1.54) is 12.1 Å². The average molecular weight is 443 g/mol. The van der Waals surface area contributed by atoms with Crippen LogP contribution in [0, 0.1) is 0 Å². The lowest BCUT2D eigenvalue weighted by Crippen LogP contribution is -2.41. The van der Waals surface area contributed by atoms with Crippen LogP contribution in [0.4, 0.5) is 13.2 Å². The number of alkyl halides is 3. The van der Waals surface area contributed by atoms with Gasteiger partial charge in [0.2, 0.25) is 0 Å². The third kappa shape index (κ3) is 7.90. The van der Waals surface area contributed by atoms with Crippen molar-refractivity contribution in [3.05, 3.63) is 35.4 Å². The Hall–Kier alpha value is -0.990. The molecule has 1 atom stereocenters. The lowest BCUT2D eigenvalue weighted by atomic mass is 9.96. The van der Waals surface area contributed by atoms with Crippen molar-refractivity contribution in [2.24, 2.45) is 4.99 Å². The predicted molar refractivity (Wildman–Crippen MR) is 99.5 cm³/mol. The third-order valence-electron chi connectivity index (χ3n) is 3.30. The molecule has 0 saturated carbocycles. The molecule has 132 valence electrons. The Labute approximate surface area is 153 Å². The van der Waals surface area contributed by atoms with Crippen LogP contribution in [0.25, 0.3) is 0 Å². The second-order valence-corrected chi connectivity index (χ2v) is 5.61. The number of halogens is 4. The van der Waals surface area contributed by atoms with Gasteiger partial charge in [-0.1, -0.05) is 25.1 Å². The monoisotopic (exact) mass is 443 g/mol. The van der Waals surface area contributed by atoms with Gasteiger partial charge in [0.15, 0.2) is 5.96 Å². The molecule has 0 aliphatic carbocycles. The largest absolute Gasteiger partial charge is 0.416 e. The van der Waals surface area contributed by atoms with Gasteiger partial charge in [-0.2, -0.15) is 13.2 Å². The van der Waals surface area contributed by atoms with E-state index in [0.29, 0.717) is 18.1 Å². The molecule has 1 aromatic rings. The minimum atomic E-state index is -4.29. The Morgan fingerprint density at radius 2 is 1.87 bits per heavy atom. The number of aliphatic imine (C=N–C) groups is 1. The van der Waals surface area contributed by atoms with Gasteiger partial charge in [-0.25, -0.2) is 0 Å². The Morgan fingerprint density at radius 3 is 2.39 bits per heavy atom. The summed E-state index contributed by atoms with van der Waals surface area (Å²) < 4.78 is 38.2. The molecule has 3 nitrogen and oxygen atoms in total. The quantitative estimate of drug-likeness (QED) is 0.403. The first-order valence-corrected chi connectivity index (χ1v) is 7.38. The van der Waals surface area contributed by atoms with Gasteiger partial charge in [-0.3, -0.25) is 4.99 Å². The highest BCUT2D eigenvalue weighted by molar-refractivity contribution is 14.0. The predicted octanol–water partition coefficient (Wildman–Crippen LogP) is 4.39. The maximum Gasteiger partial charge on any atom is 0.416 e. The Balaban J connectivity index is 0.00000484. The number of nitrogens with one attached hydrogen (secondary N) is 2. The van der Waals surface area contributed by atoms with E-state index in [9.17, 15) is 13.2 Å². The van der Waals surface area contributed by atoms with Gasteiger partial charge < -0.3 is 10.6 Å². The molecular formula is C16H25F3IN3. The molecule has 0 radical (unpaired) electrons. The van der Waals surface area contributed by atoms with Crippen molar-refractivity contribution in [3.63, 3.8) is 0 Å². The average Bonchev–Trinajstić information content (AvgIpc) is 2.44. The summed E-state index contributed by atoms with van der Waals surface area (Å²) in [5.74, 6) is 0.734. The lowest BCUT2D eigenvalue weighted by molar-refractivity contribution is -0.137. The summed E-state index contributed by atoms with van der Waals surface area (Å²) >= 11 is 0. The standard InChI is InChI=1S/C16H24F3N3.HI/c1-11(2)22-15(20-4)21-9-8-12(3)13-6-5-7-14(10-13)16(17,18)19;/h5-7,10-12H,8-9H2,1-4H3,(H2,20,21,22);1H. The summed E-state index contributed by atoms with van der Waals surface area (Å²) in [5.41, 5.74) is 0.102. The molecule has 0 fully saturated rings. The molecular weight excluding hydrogens is 418 g/mol. The maximum absolute atomic E-state index is 12.7. The molecule has 0 spiro atoms. The minimum Gasteiger partial charge on any atom is -0.356 e. The molecule has 0 saturated heterocycles. The van der Waals surface area contributed by atoms with Gasteiger partial charge in [0, 0.05) is 19.6 Å². The molecule has 0 aromatic heterocycles. The van der Waals surface area contributed by atoms with Crippen molar-refractivity contribution in [2.75, 3.05) is 13.6 Å². The van der Waals surface area contributed by atoms with Crippen LogP contribution < -0.4 is 10.6 Å². The van der Waals surface area contributed by atoms with Crippen LogP contribution in [-0.2, 0) is 6.18 Å². The van der Waals surface area contributed by atoms with Gasteiger partial charge in [0.25, 0.3) is 0 Å². The Morgan fingerprint density at radius 1 is 1.22 bits per heavy atom. The second-order valence-electron chi connectivity index (χ2n) is 5.61. The van der Waals surface area contributed by atoms with Crippen LogP contribution in [0.5, 0.6) is 0 Å². The van der Waals surface area contributed by atoms with E-state index in [1.54, 1.807) is 13.1 Å². The zero-order chi connectivity index (χ0) is 16.8. The van der Waals surface area contributed by atoms with Crippen LogP contribution in [0.15, 0.2) is 29.3 Å². The number of guanidine groups is 1. The molecule has 1 aromatic carbocycles. The second kappa shape index (κ2) is 10.00. The van der Waals surface area contributed by atoms with Crippen molar-refractivity contribution < 1.29 is 13.2 Å². The normalized spacial score (nSPS) is 13.5. The summed E-state index contributed by atoms with van der Waals surface area (Å²) in [6, 6.07) is 5.80. The zero-order valence-electron chi connectivity index (χ0n) is 13.9. The highest BCUT2D eigenvalue weighted by atomic mass is 127. The number of rotatable bonds is 5. The molecule has 1 rings (SSSR count). The summed E-state index contributed by atoms with van der Waals surface area (Å²) in [5, 5.41) is 6.33. The van der Waals surface area contributed by atoms with Gasteiger partial charge in [-0.05, 0) is 37.8 Å². The van der Waals surface area contributed by atoms with Crippen molar-refractivity contribution in [1.29, 1.82) is 0 Å². The molecule has 0 bridgehead atoms. The van der Waals surface area contributed by atoms with Crippen LogP contribution in [0.2, 0.25) is 0 Å². The van der Waals surface area contributed by atoms with E-state index in [-0.39, 0.29) is 35.9 Å². The highest BCUT2D eigenvalue weighted by Crippen LogP contribution is 2.31. The van der Waals surface area contributed by atoms with Gasteiger partial charge in [0.1, 0.15) is 0 Å². The van der Waals surface area contributed by atoms with Crippen molar-refractivity contribution in [1.82, 2.24) is 10.6 Å². The summed E-state index contributed by atoms with van der Waals surface area (Å²) in [6.45, 7) is 6.59. The first kappa shape index (κ1) is 22.0. The molecule has 0 heterocycles. The molecule has 1 unspecified atom stereocenters. The molecule has 2 N–H and O–H groups in total. The van der Waals surface area contributed by atoms with E-state index in [1.807, 2.05) is 20.8 Å². The Bertz CT molecular complexity index is 502. The van der Waals surface area contributed by atoms with Crippen molar-refractivity contribution >= 4 is 29.9 Å². The highest BCUT2D eigenvalue weighted by Gasteiger charge is 2.30. The van der Waals surface area contributed by atoms with E-state index >= 15 is 0 Å². The van der Waals surface area contributed by atoms with Crippen LogP contribution in [-0.4, -0.2) is 25.6 Å². The number of hydrogen-bond donors (Lipinski definition) is 2. The SMILES string of the molecule is CN=C(NCCC(C)c1cccc(C(F)(F)F)c1)NC(C)C.I. The van der Waals surface area contributed by atoms with Crippen molar-refractivity contribution in [2.45, 2.75) is 45.3 Å². The summed E-state index contributed by atoms with van der Waals surface area (Å²) in [6.07, 6.45) is -3.57. The molecule has 23 heavy (non-hydrogen) atoms. The van der Waals surface area contributed by atoms with Crippen molar-refractivity contribution in [3.8, 4) is 0 Å². The number of benzene rings is 1. The van der Waals surface area contributed by atoms with E-state index in [2.05, 4.69) is 15.6 Å². The Kier molecular flexibility index (Phi) is 9.57. The van der Waals surface area contributed by atoms with E-state index in [4.69, 9.17) is 0 Å². The topological polar surface area (TPSA) is 36.4 Å². The number of nitrogens with zero attached hydrogens (tertiary/aromatic N) is 1. The minimum absolute atomic E-state index is 0. The van der Waals surface area contributed by atoms with Gasteiger partial charge in [-0.15, -0.1) is 24.0 Å². The fourth-order valence-corrected chi connectivity index (χ4v) is 2.06. The van der Waals surface area contributed by atoms with Crippen LogP contribution in [0.1, 0.15) is 44.2 Å². The fourth-order valence-electron chi connectivity index (χ4n) is 2.06. The van der Waals surface area contributed by atoms with E-state index < -0.39 is 11.7 Å². The van der Waals surface area contributed by atoms with Gasteiger partial charge in [0.05, 0.1) is 5.56 Å². The number of hydrogen-bond acceptors (Lipinski definition) is 1. The van der Waals surface area contributed by atoms with Gasteiger partial charge >= 0.3 is 6.18 Å². The molecule has 7 heteroatoms. The maximum atomic E-state index is 12.7. The van der Waals surface area contributed by atoms with Crippen LogP contribution in [0.3, 0.4) is 0 Å².